The van der Waals surface area contributed by atoms with Crippen LogP contribution >= 0.6 is 11.8 Å². The molecule has 0 saturated carbocycles. The minimum atomic E-state index is -1.02. The van der Waals surface area contributed by atoms with Crippen molar-refractivity contribution in [3.05, 3.63) is 65.7 Å². The van der Waals surface area contributed by atoms with Gasteiger partial charge in [0.1, 0.15) is 6.04 Å². The number of hydrogen-bond donors (Lipinski definition) is 3. The maximum Gasteiger partial charge on any atom is 0.326 e. The van der Waals surface area contributed by atoms with Gasteiger partial charge in [0.25, 0.3) is 5.91 Å². The number of carbonyl (C=O) groups excluding carboxylic acids is 1. The van der Waals surface area contributed by atoms with Crippen LogP contribution in [0.3, 0.4) is 0 Å². The van der Waals surface area contributed by atoms with E-state index in [9.17, 15) is 14.7 Å². The number of aryl methyl sites for hydroxylation is 1. The minimum Gasteiger partial charge on any atom is -0.480 e. The Balaban J connectivity index is 1.92. The van der Waals surface area contributed by atoms with Crippen molar-refractivity contribution < 1.29 is 14.7 Å². The van der Waals surface area contributed by atoms with Crippen molar-refractivity contribution in [1.82, 2.24) is 15.8 Å². The first-order valence-corrected chi connectivity index (χ1v) is 12.7. The summed E-state index contributed by atoms with van der Waals surface area (Å²) < 4.78 is 0. The van der Waals surface area contributed by atoms with E-state index < -0.39 is 12.0 Å². The topological polar surface area (TPSA) is 81.7 Å². The molecule has 0 spiro atoms. The molecule has 1 amide bonds. The van der Waals surface area contributed by atoms with Gasteiger partial charge in [0.2, 0.25) is 0 Å². The number of rotatable bonds is 10. The van der Waals surface area contributed by atoms with Gasteiger partial charge < -0.3 is 15.8 Å². The van der Waals surface area contributed by atoms with Crippen LogP contribution in [0.2, 0.25) is 0 Å². The van der Waals surface area contributed by atoms with Gasteiger partial charge in [-0.3, -0.25) is 4.79 Å². The summed E-state index contributed by atoms with van der Waals surface area (Å²) in [6.45, 7) is 8.19. The predicted octanol–water partition coefficient (Wildman–Crippen LogP) is 4.56. The summed E-state index contributed by atoms with van der Waals surface area (Å²) in [6, 6.07) is 12.6. The first-order chi connectivity index (χ1) is 15.9. The van der Waals surface area contributed by atoms with Crippen molar-refractivity contribution in [2.24, 2.45) is 0 Å². The van der Waals surface area contributed by atoms with Crippen molar-refractivity contribution in [3.63, 3.8) is 0 Å². The monoisotopic (exact) mass is 467 g/mol. The lowest BCUT2D eigenvalue weighted by atomic mass is 9.93. The largest absolute Gasteiger partial charge is 0.480 e. The van der Waals surface area contributed by atoms with Crippen LogP contribution in [0.15, 0.2) is 49.0 Å². The Morgan fingerprint density at radius 3 is 2.52 bits per heavy atom. The van der Waals surface area contributed by atoms with Gasteiger partial charge in [-0.1, -0.05) is 43.3 Å². The molecule has 1 aliphatic heterocycles. The van der Waals surface area contributed by atoms with E-state index in [0.717, 1.165) is 53.9 Å². The third kappa shape index (κ3) is 6.62. The van der Waals surface area contributed by atoms with E-state index >= 15 is 0 Å². The van der Waals surface area contributed by atoms with Crippen LogP contribution in [-0.2, 0) is 4.79 Å². The Kier molecular flexibility index (Phi) is 8.97. The molecule has 6 nitrogen and oxygen atoms in total. The highest BCUT2D eigenvalue weighted by Crippen LogP contribution is 2.30. The number of aliphatic carboxylic acids is 1. The van der Waals surface area contributed by atoms with E-state index in [2.05, 4.69) is 22.3 Å². The lowest BCUT2D eigenvalue weighted by Gasteiger charge is -2.29. The average molecular weight is 468 g/mol. The zero-order chi connectivity index (χ0) is 23.8. The third-order valence-electron chi connectivity index (χ3n) is 5.91. The van der Waals surface area contributed by atoms with Crippen LogP contribution in [0, 0.1) is 6.92 Å². The molecule has 1 heterocycles. The molecule has 1 saturated heterocycles. The van der Waals surface area contributed by atoms with E-state index in [1.54, 1.807) is 17.8 Å². The predicted molar refractivity (Wildman–Crippen MR) is 136 cm³/mol. The molecular formula is C26H33N3O3S. The molecule has 33 heavy (non-hydrogen) atoms. The molecule has 2 aromatic rings. The quantitative estimate of drug-likeness (QED) is 0.475. The number of benzene rings is 2. The standard InChI is InChI=1S/C26H33N3O3S/c1-18-9-5-6-10-21(18)23-17-20(19(2)28-29-14-7-4-8-15-29)11-12-22(23)25(30)27-24(26(31)32)13-16-33-3/h5-6,9-12,17,24,28H,2,4,7-8,13-16H2,1,3H3,(H,27,30)(H,31,32)/t24-/m0/s1. The van der Waals surface area contributed by atoms with Gasteiger partial charge in [0, 0.05) is 24.4 Å². The van der Waals surface area contributed by atoms with Crippen molar-refractivity contribution in [2.45, 2.75) is 38.6 Å². The number of carbonyl (C=O) groups is 2. The summed E-state index contributed by atoms with van der Waals surface area (Å²) >= 11 is 1.56. The van der Waals surface area contributed by atoms with Gasteiger partial charge in [0.05, 0.1) is 0 Å². The van der Waals surface area contributed by atoms with Crippen LogP contribution < -0.4 is 10.7 Å². The fourth-order valence-electron chi connectivity index (χ4n) is 4.02. The molecular weight excluding hydrogens is 434 g/mol. The summed E-state index contributed by atoms with van der Waals surface area (Å²) in [5.74, 6) is -0.753. The third-order valence-corrected chi connectivity index (χ3v) is 6.56. The Morgan fingerprint density at radius 1 is 1.12 bits per heavy atom. The number of nitrogens with one attached hydrogen (secondary N) is 2. The molecule has 1 aliphatic rings. The molecule has 3 rings (SSSR count). The fraction of sp³-hybridized carbons (Fsp3) is 0.385. The summed E-state index contributed by atoms with van der Waals surface area (Å²) in [5, 5.41) is 14.4. The second-order valence-corrected chi connectivity index (χ2v) is 9.34. The molecule has 2 aromatic carbocycles. The first kappa shape index (κ1) is 24.9. The lowest BCUT2D eigenvalue weighted by molar-refractivity contribution is -0.139. The smallest absolute Gasteiger partial charge is 0.326 e. The molecule has 176 valence electrons. The number of carboxylic acids is 1. The van der Waals surface area contributed by atoms with Crippen LogP contribution in [-0.4, -0.2) is 53.1 Å². The van der Waals surface area contributed by atoms with Gasteiger partial charge in [0.15, 0.2) is 0 Å². The lowest BCUT2D eigenvalue weighted by Crippen LogP contribution is -2.41. The highest BCUT2D eigenvalue weighted by molar-refractivity contribution is 7.98. The molecule has 0 bridgehead atoms. The van der Waals surface area contributed by atoms with Crippen molar-refractivity contribution in [2.75, 3.05) is 25.1 Å². The SMILES string of the molecule is C=C(NN1CCCCC1)c1ccc(C(=O)N[C@@H](CCSC)C(=O)O)c(-c2ccccc2C)c1. The summed E-state index contributed by atoms with van der Waals surface area (Å²) in [4.78, 5) is 24.9. The zero-order valence-electron chi connectivity index (χ0n) is 19.4. The summed E-state index contributed by atoms with van der Waals surface area (Å²) in [7, 11) is 0. The molecule has 1 fully saturated rings. The van der Waals surface area contributed by atoms with Crippen LogP contribution in [0.5, 0.6) is 0 Å². The van der Waals surface area contributed by atoms with E-state index in [0.29, 0.717) is 17.7 Å². The van der Waals surface area contributed by atoms with E-state index in [4.69, 9.17) is 0 Å². The molecule has 0 unspecified atom stereocenters. The van der Waals surface area contributed by atoms with Gasteiger partial charge in [-0.2, -0.15) is 11.8 Å². The maximum absolute atomic E-state index is 13.2. The van der Waals surface area contributed by atoms with E-state index in [-0.39, 0.29) is 5.91 Å². The second kappa shape index (κ2) is 11.9. The normalized spacial score (nSPS) is 15.0. The number of carboxylic acid groups (broad SMARTS) is 1. The molecule has 3 N–H and O–H groups in total. The number of amides is 1. The minimum absolute atomic E-state index is 0.372. The molecule has 0 aliphatic carbocycles. The number of hydrogen-bond acceptors (Lipinski definition) is 5. The Labute approximate surface area is 200 Å². The molecule has 0 aromatic heterocycles. The van der Waals surface area contributed by atoms with Crippen LogP contribution in [0.4, 0.5) is 0 Å². The zero-order valence-corrected chi connectivity index (χ0v) is 20.2. The fourth-order valence-corrected chi connectivity index (χ4v) is 4.49. The van der Waals surface area contributed by atoms with Gasteiger partial charge in [-0.05, 0) is 72.6 Å². The van der Waals surface area contributed by atoms with Crippen molar-refractivity contribution in [3.8, 4) is 11.1 Å². The number of thioether (sulfide) groups is 1. The highest BCUT2D eigenvalue weighted by atomic mass is 32.2. The Bertz CT molecular complexity index is 1000. The van der Waals surface area contributed by atoms with Gasteiger partial charge >= 0.3 is 5.97 Å². The van der Waals surface area contributed by atoms with Gasteiger partial charge in [-0.25, -0.2) is 9.80 Å². The highest BCUT2D eigenvalue weighted by Gasteiger charge is 2.23. The number of hydrazine groups is 1. The Hall–Kier alpha value is -2.77. The summed E-state index contributed by atoms with van der Waals surface area (Å²) in [6.07, 6.45) is 5.86. The second-order valence-electron chi connectivity index (χ2n) is 8.36. The maximum atomic E-state index is 13.2. The van der Waals surface area contributed by atoms with Gasteiger partial charge in [-0.15, -0.1) is 0 Å². The van der Waals surface area contributed by atoms with Crippen LogP contribution in [0.25, 0.3) is 16.8 Å². The van der Waals surface area contributed by atoms with Crippen molar-refractivity contribution in [1.29, 1.82) is 0 Å². The van der Waals surface area contributed by atoms with Crippen LogP contribution in [0.1, 0.15) is 47.2 Å². The summed E-state index contributed by atoms with van der Waals surface area (Å²) in [5.41, 5.74) is 8.27. The first-order valence-electron chi connectivity index (χ1n) is 11.3. The average Bonchev–Trinajstić information content (AvgIpc) is 2.82. The molecule has 1 atom stereocenters. The Morgan fingerprint density at radius 2 is 1.85 bits per heavy atom. The molecule has 7 heteroatoms. The van der Waals surface area contributed by atoms with Crippen molar-refractivity contribution >= 4 is 29.3 Å². The van der Waals surface area contributed by atoms with E-state index in [1.807, 2.05) is 49.6 Å². The number of piperidine rings is 1. The van der Waals surface area contributed by atoms with E-state index in [1.165, 1.54) is 6.42 Å². The number of nitrogens with zero attached hydrogens (tertiary/aromatic N) is 1. The molecule has 0 radical (unpaired) electrons.